The second-order valence-electron chi connectivity index (χ2n) is 10.9. The Bertz CT molecular complexity index is 2440. The third-order valence-electron chi connectivity index (χ3n) is 8.75. The zero-order chi connectivity index (χ0) is 29.7. The van der Waals surface area contributed by atoms with Gasteiger partial charge in [-0.2, -0.15) is 0 Å². The standard InChI is InChI=1S/C40H26/c1-3-12-32-25(7-1)21-22-35-37(32)23-30-8-2-4-13-33(30)39(35)29-17-15-26(16-18-29)36-24-31-11-5-9-27-19-20-28-10-6-14-34(36)40(28)38(27)31/h1-9,11-24,28H,10H2/i15D,16D,17D,18D. The van der Waals surface area contributed by atoms with Crippen molar-refractivity contribution in [3.8, 4) is 22.3 Å². The van der Waals surface area contributed by atoms with E-state index < -0.39 is 0 Å². The lowest BCUT2D eigenvalue weighted by atomic mass is 9.76. The highest BCUT2D eigenvalue weighted by Crippen LogP contribution is 2.46. The molecule has 2 aliphatic carbocycles. The van der Waals surface area contributed by atoms with Crippen LogP contribution in [0.15, 0.2) is 127 Å². The van der Waals surface area contributed by atoms with E-state index in [1.165, 1.54) is 16.5 Å². The van der Waals surface area contributed by atoms with Crippen LogP contribution in [0.25, 0.3) is 77.5 Å². The van der Waals surface area contributed by atoms with Gasteiger partial charge < -0.3 is 0 Å². The Morgan fingerprint density at radius 3 is 2.27 bits per heavy atom. The molecular weight excluding hydrogens is 480 g/mol. The minimum Gasteiger partial charge on any atom is -0.0830 e. The molecule has 0 saturated carbocycles. The molecule has 0 N–H and O–H groups in total. The molecule has 0 amide bonds. The van der Waals surface area contributed by atoms with Crippen molar-refractivity contribution in [2.45, 2.75) is 12.3 Å². The fraction of sp³-hybridized carbons (Fsp3) is 0.0500. The van der Waals surface area contributed by atoms with Crippen molar-refractivity contribution in [2.24, 2.45) is 0 Å². The van der Waals surface area contributed by atoms with Crippen LogP contribution in [0.4, 0.5) is 0 Å². The summed E-state index contributed by atoms with van der Waals surface area (Å²) < 4.78 is 37.7. The summed E-state index contributed by atoms with van der Waals surface area (Å²) >= 11 is 0. The molecule has 0 heterocycles. The zero-order valence-corrected chi connectivity index (χ0v) is 21.8. The molecule has 0 nitrogen and oxygen atoms in total. The molecule has 0 saturated heterocycles. The van der Waals surface area contributed by atoms with E-state index in [0.717, 1.165) is 60.8 Å². The first-order valence-corrected chi connectivity index (χ1v) is 13.9. The molecule has 1 atom stereocenters. The van der Waals surface area contributed by atoms with Gasteiger partial charge in [-0.15, -0.1) is 0 Å². The number of hydrogen-bond donors (Lipinski definition) is 0. The second kappa shape index (κ2) is 8.28. The van der Waals surface area contributed by atoms with Crippen molar-refractivity contribution in [2.75, 3.05) is 0 Å². The summed E-state index contributed by atoms with van der Waals surface area (Å²) in [6.07, 6.45) is 9.64. The van der Waals surface area contributed by atoms with Crippen LogP contribution in [-0.2, 0) is 0 Å². The van der Waals surface area contributed by atoms with Gasteiger partial charge in [0.1, 0.15) is 0 Å². The molecule has 186 valence electrons. The van der Waals surface area contributed by atoms with Crippen LogP contribution < -0.4 is 0 Å². The highest BCUT2D eigenvalue weighted by molar-refractivity contribution is 6.20. The van der Waals surface area contributed by atoms with Gasteiger partial charge in [0.15, 0.2) is 0 Å². The average molecular weight is 511 g/mol. The van der Waals surface area contributed by atoms with Crippen LogP contribution in [0, 0.1) is 0 Å². The number of benzene rings is 7. The number of rotatable bonds is 2. The number of hydrogen-bond acceptors (Lipinski definition) is 0. The highest BCUT2D eigenvalue weighted by atomic mass is 14.3. The van der Waals surface area contributed by atoms with Crippen molar-refractivity contribution in [1.82, 2.24) is 0 Å². The van der Waals surface area contributed by atoms with Gasteiger partial charge in [-0.05, 0) is 101 Å². The summed E-state index contributed by atoms with van der Waals surface area (Å²) in [4.78, 5) is 0. The van der Waals surface area contributed by atoms with Crippen molar-refractivity contribution in [3.63, 3.8) is 0 Å². The van der Waals surface area contributed by atoms with E-state index in [1.807, 2.05) is 36.4 Å². The van der Waals surface area contributed by atoms with E-state index in [4.69, 9.17) is 0 Å². The van der Waals surface area contributed by atoms with Crippen LogP contribution in [-0.4, -0.2) is 0 Å². The smallest absolute Gasteiger partial charge is 0.0629 e. The van der Waals surface area contributed by atoms with Gasteiger partial charge in [0, 0.05) is 5.92 Å². The molecule has 7 aromatic carbocycles. The summed E-state index contributed by atoms with van der Waals surface area (Å²) in [7, 11) is 0. The molecule has 7 aromatic rings. The Labute approximate surface area is 239 Å². The Hall–Kier alpha value is -4.94. The van der Waals surface area contributed by atoms with Gasteiger partial charge in [0.2, 0.25) is 0 Å². The molecule has 0 aliphatic heterocycles. The SMILES string of the molecule is [2H]c1c([2H])c(-c2c3ccccc3cc3c2ccc2ccccc23)c([2H])c([2H])c1-c1cc2cccc3c2c2c1C=CCC2C=C3. The molecular formula is C40H26. The predicted molar refractivity (Wildman–Crippen MR) is 173 cm³/mol. The van der Waals surface area contributed by atoms with Crippen LogP contribution in [0.2, 0.25) is 0 Å². The quantitative estimate of drug-likeness (QED) is 0.160. The molecule has 0 aromatic heterocycles. The van der Waals surface area contributed by atoms with Crippen LogP contribution in [0.5, 0.6) is 0 Å². The maximum absolute atomic E-state index is 9.44. The normalized spacial score (nSPS) is 16.9. The van der Waals surface area contributed by atoms with Gasteiger partial charge in [-0.25, -0.2) is 0 Å². The van der Waals surface area contributed by atoms with E-state index in [1.54, 1.807) is 0 Å². The van der Waals surface area contributed by atoms with Crippen LogP contribution in [0.1, 0.15) is 34.5 Å². The molecule has 0 radical (unpaired) electrons. The van der Waals surface area contributed by atoms with Crippen molar-refractivity contribution in [1.29, 1.82) is 0 Å². The first kappa shape index (κ1) is 18.4. The van der Waals surface area contributed by atoms with Gasteiger partial charge in [0.05, 0.1) is 5.48 Å². The van der Waals surface area contributed by atoms with Crippen molar-refractivity contribution in [3.05, 3.63) is 144 Å². The van der Waals surface area contributed by atoms with Crippen molar-refractivity contribution >= 4 is 55.2 Å². The highest BCUT2D eigenvalue weighted by Gasteiger charge is 2.25. The molecule has 0 spiro atoms. The number of fused-ring (bicyclic) bond motifs is 4. The van der Waals surface area contributed by atoms with E-state index in [2.05, 4.69) is 78.9 Å². The molecule has 1 unspecified atom stereocenters. The zero-order valence-electron chi connectivity index (χ0n) is 25.8. The molecule has 0 bridgehead atoms. The van der Waals surface area contributed by atoms with Gasteiger partial charge >= 0.3 is 0 Å². The minimum absolute atomic E-state index is 0.0105. The van der Waals surface area contributed by atoms with E-state index >= 15 is 0 Å². The van der Waals surface area contributed by atoms with Gasteiger partial charge in [-0.1, -0.05) is 127 Å². The monoisotopic (exact) mass is 510 g/mol. The minimum atomic E-state index is -0.0160. The Balaban J connectivity index is 1.38. The average Bonchev–Trinajstić information content (AvgIpc) is 3.06. The lowest BCUT2D eigenvalue weighted by Crippen LogP contribution is -2.07. The number of allylic oxidation sites excluding steroid dienone is 2. The summed E-state index contributed by atoms with van der Waals surface area (Å²) in [6.45, 7) is 0. The topological polar surface area (TPSA) is 0 Å². The summed E-state index contributed by atoms with van der Waals surface area (Å²) in [5.41, 5.74) is 5.62. The molecule has 40 heavy (non-hydrogen) atoms. The Kier molecular flexibility index (Phi) is 3.80. The van der Waals surface area contributed by atoms with Crippen molar-refractivity contribution < 1.29 is 5.48 Å². The Morgan fingerprint density at radius 1 is 0.600 bits per heavy atom. The van der Waals surface area contributed by atoms with Crippen LogP contribution in [0.3, 0.4) is 0 Å². The fourth-order valence-corrected chi connectivity index (χ4v) is 6.95. The second-order valence-corrected chi connectivity index (χ2v) is 10.9. The third kappa shape index (κ3) is 3.08. The van der Waals surface area contributed by atoms with E-state index in [-0.39, 0.29) is 30.1 Å². The summed E-state index contributed by atoms with van der Waals surface area (Å²) in [5.74, 6) is 0.234. The fourth-order valence-electron chi connectivity index (χ4n) is 6.95. The molecule has 0 fully saturated rings. The summed E-state index contributed by atoms with van der Waals surface area (Å²) in [6, 6.07) is 30.9. The predicted octanol–water partition coefficient (Wildman–Crippen LogP) is 11.2. The molecule has 0 heteroatoms. The van der Waals surface area contributed by atoms with Gasteiger partial charge in [-0.3, -0.25) is 0 Å². The summed E-state index contributed by atoms with van der Waals surface area (Å²) in [5, 5.41) is 8.39. The lowest BCUT2D eigenvalue weighted by molar-refractivity contribution is 0.861. The Morgan fingerprint density at radius 2 is 1.38 bits per heavy atom. The first-order chi connectivity index (χ1) is 21.5. The molecule has 9 rings (SSSR count). The van der Waals surface area contributed by atoms with E-state index in [0.29, 0.717) is 11.1 Å². The first-order valence-electron chi connectivity index (χ1n) is 15.9. The van der Waals surface area contributed by atoms with E-state index in [9.17, 15) is 5.48 Å². The molecule has 2 aliphatic rings. The largest absolute Gasteiger partial charge is 0.0830 e. The maximum Gasteiger partial charge on any atom is 0.0629 e. The third-order valence-corrected chi connectivity index (χ3v) is 8.75. The van der Waals surface area contributed by atoms with Crippen LogP contribution >= 0.6 is 0 Å². The maximum atomic E-state index is 9.44. The van der Waals surface area contributed by atoms with Gasteiger partial charge in [0.25, 0.3) is 0 Å². The lowest BCUT2D eigenvalue weighted by Gasteiger charge is -2.27.